The Balaban J connectivity index is 1.83. The number of carboxylic acids is 1. The Hall–Kier alpha value is -4.10. The topological polar surface area (TPSA) is 181 Å². The number of Topliss-reactive ketones (excluding diaryl/α,β-unsaturated/α-hetero) is 1. The first-order chi connectivity index (χ1) is 19.8. The van der Waals surface area contributed by atoms with Crippen LogP contribution in [0, 0.1) is 5.92 Å². The van der Waals surface area contributed by atoms with Crippen molar-refractivity contribution in [3.05, 3.63) is 54.2 Å². The summed E-state index contributed by atoms with van der Waals surface area (Å²) in [5.41, 5.74) is -0.597. The lowest BCUT2D eigenvalue weighted by Crippen LogP contribution is -2.63. The molecule has 1 saturated heterocycles. The number of nitrogens with one attached hydrogen (secondary N) is 2. The monoisotopic (exact) mass is 581 g/mol. The molecule has 0 bridgehead atoms. The van der Waals surface area contributed by atoms with E-state index in [0.717, 1.165) is 5.56 Å². The number of pyridine rings is 1. The van der Waals surface area contributed by atoms with Crippen LogP contribution in [-0.2, 0) is 28.5 Å². The van der Waals surface area contributed by atoms with Gasteiger partial charge < -0.3 is 30.2 Å². The quantitative estimate of drug-likeness (QED) is 0.255. The fourth-order valence-electron chi connectivity index (χ4n) is 4.76. The summed E-state index contributed by atoms with van der Waals surface area (Å²) in [6.07, 6.45) is -2.55. The van der Waals surface area contributed by atoms with Gasteiger partial charge >= 0.3 is 13.1 Å². The lowest BCUT2D eigenvalue weighted by Gasteiger charge is -2.39. The normalized spacial score (nSPS) is 18.9. The second-order valence-electron chi connectivity index (χ2n) is 10.7. The van der Waals surface area contributed by atoms with Crippen molar-refractivity contribution in [2.75, 3.05) is 0 Å². The van der Waals surface area contributed by atoms with Gasteiger partial charge in [-0.15, -0.1) is 0 Å². The predicted octanol–water partition coefficient (Wildman–Crippen LogP) is 1.94. The Morgan fingerprint density at radius 3 is 2.33 bits per heavy atom. The van der Waals surface area contributed by atoms with Crippen LogP contribution in [0.5, 0.6) is 0 Å². The van der Waals surface area contributed by atoms with E-state index >= 15 is 0 Å². The maximum atomic E-state index is 13.4. The molecule has 0 aliphatic carbocycles. The first-order valence-electron chi connectivity index (χ1n) is 13.8. The van der Waals surface area contributed by atoms with E-state index in [4.69, 9.17) is 9.31 Å². The average Bonchev–Trinajstić information content (AvgIpc) is 2.94. The summed E-state index contributed by atoms with van der Waals surface area (Å²) in [7, 11) is -1.48. The fraction of sp³-hybridized carbons (Fsp3) is 0.448. The second kappa shape index (κ2) is 14.2. The van der Waals surface area contributed by atoms with E-state index in [-0.39, 0.29) is 24.5 Å². The number of aliphatic hydroxyl groups excluding tert-OH is 1. The molecule has 0 saturated carbocycles. The largest absolute Gasteiger partial charge is 0.552 e. The molecule has 12 nitrogen and oxygen atoms in total. The van der Waals surface area contributed by atoms with Crippen LogP contribution in [0.2, 0.25) is 0 Å². The van der Waals surface area contributed by atoms with Crippen molar-refractivity contribution in [2.24, 2.45) is 5.92 Å². The third-order valence-corrected chi connectivity index (χ3v) is 6.77. The summed E-state index contributed by atoms with van der Waals surface area (Å²) >= 11 is 0. The summed E-state index contributed by atoms with van der Waals surface area (Å²) in [5.74, 6) is -5.38. The molecule has 1 fully saturated rings. The molecule has 224 valence electrons. The van der Waals surface area contributed by atoms with Gasteiger partial charge in [-0.2, -0.15) is 0 Å². The molecule has 0 spiro atoms. The predicted molar refractivity (Wildman–Crippen MR) is 152 cm³/mol. The van der Waals surface area contributed by atoms with Crippen LogP contribution in [0.4, 0.5) is 0 Å². The molecule has 42 heavy (non-hydrogen) atoms. The number of aromatic nitrogens is 1. The van der Waals surface area contributed by atoms with Crippen LogP contribution in [0.25, 0.3) is 11.3 Å². The van der Waals surface area contributed by atoms with Gasteiger partial charge in [-0.25, -0.2) is 4.98 Å². The molecule has 2 heterocycles. The van der Waals surface area contributed by atoms with Gasteiger partial charge in [0.1, 0.15) is 17.3 Å². The number of carboxylic acid groups (broad SMARTS) is 1. The third-order valence-electron chi connectivity index (χ3n) is 6.77. The number of benzene rings is 1. The molecular weight excluding hydrogens is 545 g/mol. The highest BCUT2D eigenvalue weighted by molar-refractivity contribution is 6.50. The number of nitrogens with zero attached hydrogens (tertiary/aromatic N) is 1. The molecular formula is C29H36BN3O9. The summed E-state index contributed by atoms with van der Waals surface area (Å²) in [4.78, 5) is 67.8. The third kappa shape index (κ3) is 8.23. The molecule has 13 heteroatoms. The summed E-state index contributed by atoms with van der Waals surface area (Å²) in [5, 5.41) is 25.0. The zero-order valence-corrected chi connectivity index (χ0v) is 24.0. The Kier molecular flexibility index (Phi) is 11.0. The maximum Gasteiger partial charge on any atom is 0.552 e. The maximum absolute atomic E-state index is 13.4. The smallest absolute Gasteiger partial charge is 0.508 e. The Labute approximate surface area is 244 Å². The summed E-state index contributed by atoms with van der Waals surface area (Å²) in [6, 6.07) is 12.6. The highest BCUT2D eigenvalue weighted by Gasteiger charge is 2.53. The molecule has 4 atom stereocenters. The van der Waals surface area contributed by atoms with Crippen molar-refractivity contribution >= 4 is 36.7 Å². The van der Waals surface area contributed by atoms with E-state index in [0.29, 0.717) is 5.69 Å². The number of aliphatic hydroxyl groups is 1. The molecule has 2 aromatic rings. The SMILES string of the molecule is CCC(=O)[C@]1(CC(=O)O)CC(=O)OB([C@H](CC(C)C)NC(=O)[C@@H](NC(=O)c2cccc(-c3ccccc3)n2)[C@@H](C)O)O1. The lowest BCUT2D eigenvalue weighted by atomic mass is 9.70. The van der Waals surface area contributed by atoms with Crippen molar-refractivity contribution in [1.82, 2.24) is 15.6 Å². The molecule has 1 aliphatic heterocycles. The van der Waals surface area contributed by atoms with Crippen LogP contribution in [0.15, 0.2) is 48.5 Å². The highest BCUT2D eigenvalue weighted by Crippen LogP contribution is 2.31. The molecule has 0 unspecified atom stereocenters. The number of amides is 2. The number of carbonyl (C=O) groups excluding carboxylic acids is 4. The number of carbonyl (C=O) groups is 5. The van der Waals surface area contributed by atoms with Crippen LogP contribution in [0.1, 0.15) is 63.9 Å². The van der Waals surface area contributed by atoms with Gasteiger partial charge in [0.25, 0.3) is 11.9 Å². The number of aliphatic carboxylic acids is 1. The zero-order valence-electron chi connectivity index (χ0n) is 24.0. The molecule has 0 radical (unpaired) electrons. The summed E-state index contributed by atoms with van der Waals surface area (Å²) < 4.78 is 11.2. The van der Waals surface area contributed by atoms with Gasteiger partial charge in [0.2, 0.25) is 5.91 Å². The molecule has 3 rings (SSSR count). The molecule has 2 amide bonds. The van der Waals surface area contributed by atoms with Crippen LogP contribution >= 0.6 is 0 Å². The Bertz CT molecular complexity index is 1300. The number of hydrogen-bond donors (Lipinski definition) is 4. The van der Waals surface area contributed by atoms with Gasteiger partial charge in [-0.3, -0.25) is 24.0 Å². The fourth-order valence-corrected chi connectivity index (χ4v) is 4.76. The summed E-state index contributed by atoms with van der Waals surface area (Å²) in [6.45, 7) is 6.53. The highest BCUT2D eigenvalue weighted by atomic mass is 16.6. The van der Waals surface area contributed by atoms with Crippen LogP contribution in [-0.4, -0.2) is 75.5 Å². The van der Waals surface area contributed by atoms with Gasteiger partial charge in [-0.05, 0) is 31.4 Å². The van der Waals surface area contributed by atoms with Crippen molar-refractivity contribution in [2.45, 2.75) is 77.1 Å². The molecule has 4 N–H and O–H groups in total. The van der Waals surface area contributed by atoms with E-state index < -0.39 is 73.2 Å². The van der Waals surface area contributed by atoms with Crippen molar-refractivity contribution in [3.63, 3.8) is 0 Å². The van der Waals surface area contributed by atoms with Gasteiger partial charge in [-0.1, -0.05) is 57.2 Å². The van der Waals surface area contributed by atoms with Gasteiger partial charge in [0.05, 0.1) is 30.6 Å². The van der Waals surface area contributed by atoms with Gasteiger partial charge in [0.15, 0.2) is 5.78 Å². The second-order valence-corrected chi connectivity index (χ2v) is 10.7. The Morgan fingerprint density at radius 2 is 1.74 bits per heavy atom. The van der Waals surface area contributed by atoms with Gasteiger partial charge in [0, 0.05) is 12.0 Å². The average molecular weight is 581 g/mol. The minimum Gasteiger partial charge on any atom is -0.508 e. The van der Waals surface area contributed by atoms with E-state index in [2.05, 4.69) is 15.6 Å². The number of ketones is 1. The first-order valence-corrected chi connectivity index (χ1v) is 13.8. The van der Waals surface area contributed by atoms with Crippen molar-refractivity contribution in [1.29, 1.82) is 0 Å². The molecule has 1 aromatic carbocycles. The lowest BCUT2D eigenvalue weighted by molar-refractivity contribution is -0.163. The minimum atomic E-state index is -1.95. The zero-order chi connectivity index (χ0) is 31.0. The minimum absolute atomic E-state index is 0.0228. The van der Waals surface area contributed by atoms with E-state index in [1.54, 1.807) is 12.1 Å². The number of rotatable bonds is 13. The van der Waals surface area contributed by atoms with E-state index in [1.165, 1.54) is 19.9 Å². The molecule has 1 aliphatic rings. The van der Waals surface area contributed by atoms with E-state index in [9.17, 15) is 34.2 Å². The van der Waals surface area contributed by atoms with Crippen molar-refractivity contribution < 1.29 is 43.5 Å². The van der Waals surface area contributed by atoms with Crippen LogP contribution < -0.4 is 10.6 Å². The first kappa shape index (κ1) is 32.4. The van der Waals surface area contributed by atoms with E-state index in [1.807, 2.05) is 44.2 Å². The van der Waals surface area contributed by atoms with Crippen LogP contribution in [0.3, 0.4) is 0 Å². The van der Waals surface area contributed by atoms with Crippen molar-refractivity contribution in [3.8, 4) is 11.3 Å². The molecule has 1 aromatic heterocycles. The standard InChI is InChI=1S/C29H36BN3O9/c1-5-22(35)29(15-24(36)37)16-25(38)41-30(42-29)23(14-17(2)3)32-28(40)26(18(4)34)33-27(39)21-13-9-12-20(31-21)19-10-7-6-8-11-19/h6-13,17-18,23,26,34H,5,14-16H2,1-4H3,(H,32,40)(H,33,39)(H,36,37)/t18-,23+,26+,29+/m1/s1. The number of hydrogen-bond acceptors (Lipinski definition) is 9. The Morgan fingerprint density at radius 1 is 1.05 bits per heavy atom.